The number of aliphatic carboxylic acids is 1. The Morgan fingerprint density at radius 3 is 3.00 bits per heavy atom. The maximum atomic E-state index is 12.3. The van der Waals surface area contributed by atoms with E-state index in [0.29, 0.717) is 23.9 Å². The van der Waals surface area contributed by atoms with E-state index in [1.807, 2.05) is 11.0 Å². The van der Waals surface area contributed by atoms with Crippen molar-refractivity contribution in [1.29, 1.82) is 0 Å². The molecule has 7 nitrogen and oxygen atoms in total. The summed E-state index contributed by atoms with van der Waals surface area (Å²) >= 11 is 0. The van der Waals surface area contributed by atoms with Crippen LogP contribution in [0.5, 0.6) is 0 Å². The van der Waals surface area contributed by atoms with E-state index in [4.69, 9.17) is 5.11 Å². The molecule has 2 heterocycles. The summed E-state index contributed by atoms with van der Waals surface area (Å²) in [5.41, 5.74) is 0.374. The van der Waals surface area contributed by atoms with Crippen LogP contribution in [-0.2, 0) is 11.5 Å². The molecular formula is C14H16N4O3. The number of carboxylic acids is 1. The molecule has 1 fully saturated rings. The number of hydrogen-bond acceptors (Lipinski definition) is 5. The van der Waals surface area contributed by atoms with Gasteiger partial charge in [-0.1, -0.05) is 17.3 Å². The van der Waals surface area contributed by atoms with Crippen LogP contribution in [0, 0.1) is 5.92 Å². The van der Waals surface area contributed by atoms with Gasteiger partial charge >= 0.3 is 5.97 Å². The molecular weight excluding hydrogens is 272 g/mol. The van der Waals surface area contributed by atoms with Crippen LogP contribution >= 0.6 is 0 Å². The van der Waals surface area contributed by atoms with E-state index in [0.717, 1.165) is 13.0 Å². The van der Waals surface area contributed by atoms with E-state index >= 15 is 0 Å². The Bertz CT molecular complexity index is 727. The summed E-state index contributed by atoms with van der Waals surface area (Å²) in [6.07, 6.45) is 1.50. The van der Waals surface area contributed by atoms with Crippen molar-refractivity contribution in [3.8, 4) is 0 Å². The summed E-state index contributed by atoms with van der Waals surface area (Å²) < 4.78 is 1.30. The number of hydrogen-bond donors (Lipinski definition) is 1. The van der Waals surface area contributed by atoms with Crippen LogP contribution in [-0.4, -0.2) is 44.1 Å². The lowest BCUT2D eigenvalue weighted by atomic mass is 9.99. The van der Waals surface area contributed by atoms with E-state index < -0.39 is 5.97 Å². The van der Waals surface area contributed by atoms with E-state index in [9.17, 15) is 9.59 Å². The number of carbonyl (C=O) groups is 1. The second-order valence-corrected chi connectivity index (χ2v) is 5.31. The zero-order valence-corrected chi connectivity index (χ0v) is 11.5. The molecule has 0 saturated carbocycles. The number of fused-ring (bicyclic) bond motifs is 1. The van der Waals surface area contributed by atoms with Crippen molar-refractivity contribution in [2.75, 3.05) is 13.1 Å². The lowest BCUT2D eigenvalue weighted by Crippen LogP contribution is -2.42. The van der Waals surface area contributed by atoms with Gasteiger partial charge in [0.2, 0.25) is 0 Å². The van der Waals surface area contributed by atoms with Gasteiger partial charge < -0.3 is 5.11 Å². The lowest BCUT2D eigenvalue weighted by Gasteiger charge is -2.30. The number of nitrogens with zero attached hydrogens (tertiary/aromatic N) is 4. The number of likely N-dealkylation sites (tertiary alicyclic amines) is 1. The zero-order chi connectivity index (χ0) is 14.8. The molecule has 3 rings (SSSR count). The Morgan fingerprint density at radius 1 is 1.38 bits per heavy atom. The number of rotatable bonds is 3. The molecule has 1 aromatic carbocycles. The fourth-order valence-corrected chi connectivity index (χ4v) is 2.69. The molecule has 21 heavy (non-hydrogen) atoms. The van der Waals surface area contributed by atoms with E-state index in [1.165, 1.54) is 4.68 Å². The van der Waals surface area contributed by atoms with Crippen molar-refractivity contribution in [2.24, 2.45) is 5.92 Å². The summed E-state index contributed by atoms with van der Waals surface area (Å²) in [7, 11) is 0. The Balaban J connectivity index is 1.83. The Kier molecular flexibility index (Phi) is 3.66. The van der Waals surface area contributed by atoms with Crippen molar-refractivity contribution in [2.45, 2.75) is 19.5 Å². The molecule has 2 aromatic rings. The first-order chi connectivity index (χ1) is 10.1. The molecule has 0 bridgehead atoms. The number of piperidine rings is 1. The van der Waals surface area contributed by atoms with Gasteiger partial charge in [0.15, 0.2) is 0 Å². The van der Waals surface area contributed by atoms with Crippen molar-refractivity contribution < 1.29 is 9.90 Å². The third-order valence-electron chi connectivity index (χ3n) is 3.82. The summed E-state index contributed by atoms with van der Waals surface area (Å²) in [5.74, 6) is -1.15. The Hall–Kier alpha value is -2.28. The van der Waals surface area contributed by atoms with Gasteiger partial charge in [0.25, 0.3) is 5.56 Å². The fourth-order valence-electron chi connectivity index (χ4n) is 2.69. The van der Waals surface area contributed by atoms with Crippen LogP contribution in [0.4, 0.5) is 0 Å². The minimum Gasteiger partial charge on any atom is -0.481 e. The van der Waals surface area contributed by atoms with Gasteiger partial charge in [-0.25, -0.2) is 0 Å². The first-order valence-electron chi connectivity index (χ1n) is 6.93. The molecule has 7 heteroatoms. The highest BCUT2D eigenvalue weighted by Crippen LogP contribution is 2.16. The topological polar surface area (TPSA) is 88.3 Å². The van der Waals surface area contributed by atoms with Crippen molar-refractivity contribution in [1.82, 2.24) is 19.9 Å². The van der Waals surface area contributed by atoms with Crippen molar-refractivity contribution in [3.63, 3.8) is 0 Å². The van der Waals surface area contributed by atoms with Crippen LogP contribution in [0.15, 0.2) is 29.1 Å². The van der Waals surface area contributed by atoms with Gasteiger partial charge in [-0.3, -0.25) is 14.5 Å². The zero-order valence-electron chi connectivity index (χ0n) is 11.5. The minimum atomic E-state index is -0.781. The number of carboxylic acid groups (broad SMARTS) is 1. The van der Waals surface area contributed by atoms with Crippen LogP contribution in [0.25, 0.3) is 10.9 Å². The number of benzene rings is 1. The van der Waals surface area contributed by atoms with Gasteiger partial charge in [0, 0.05) is 6.54 Å². The highest BCUT2D eigenvalue weighted by Gasteiger charge is 2.25. The molecule has 110 valence electrons. The smallest absolute Gasteiger partial charge is 0.307 e. The molecule has 1 N–H and O–H groups in total. The van der Waals surface area contributed by atoms with E-state index in [1.54, 1.807) is 18.2 Å². The average molecular weight is 288 g/mol. The Labute approximate surface area is 120 Å². The predicted octanol–water partition coefficient (Wildman–Crippen LogP) is 0.546. The average Bonchev–Trinajstić information content (AvgIpc) is 2.51. The molecule has 1 aliphatic rings. The standard InChI is InChI=1S/C14H16N4O3/c19-13-11-5-1-2-6-12(11)15-16-18(13)9-17-7-3-4-10(8-17)14(20)21/h1-2,5-6,10H,3-4,7-9H2,(H,20,21). The third kappa shape index (κ3) is 2.78. The van der Waals surface area contributed by atoms with Crippen molar-refractivity contribution >= 4 is 16.9 Å². The highest BCUT2D eigenvalue weighted by atomic mass is 16.4. The SMILES string of the molecule is O=C(O)C1CCCN(Cn2nnc3ccccc3c2=O)C1. The Morgan fingerprint density at radius 2 is 2.19 bits per heavy atom. The largest absolute Gasteiger partial charge is 0.481 e. The van der Waals surface area contributed by atoms with Gasteiger partial charge in [0.05, 0.1) is 18.0 Å². The van der Waals surface area contributed by atoms with Crippen LogP contribution in [0.2, 0.25) is 0 Å². The van der Waals surface area contributed by atoms with Gasteiger partial charge in [-0.2, -0.15) is 4.68 Å². The second kappa shape index (κ2) is 5.61. The third-order valence-corrected chi connectivity index (χ3v) is 3.82. The molecule has 0 amide bonds. The van der Waals surface area contributed by atoms with Gasteiger partial charge in [-0.15, -0.1) is 5.10 Å². The predicted molar refractivity (Wildman–Crippen MR) is 75.7 cm³/mol. The monoisotopic (exact) mass is 288 g/mol. The molecule has 1 atom stereocenters. The molecule has 1 aliphatic heterocycles. The van der Waals surface area contributed by atoms with Crippen LogP contribution in [0.3, 0.4) is 0 Å². The highest BCUT2D eigenvalue weighted by molar-refractivity contribution is 5.76. The fraction of sp³-hybridized carbons (Fsp3) is 0.429. The number of aromatic nitrogens is 3. The summed E-state index contributed by atoms with van der Waals surface area (Å²) in [6, 6.07) is 7.06. The van der Waals surface area contributed by atoms with Crippen molar-refractivity contribution in [3.05, 3.63) is 34.6 Å². The lowest BCUT2D eigenvalue weighted by molar-refractivity contribution is -0.143. The summed E-state index contributed by atoms with van der Waals surface area (Å²) in [5, 5.41) is 17.6. The minimum absolute atomic E-state index is 0.196. The first kappa shape index (κ1) is 13.7. The molecule has 1 unspecified atom stereocenters. The molecule has 0 radical (unpaired) electrons. The normalized spacial score (nSPS) is 19.7. The second-order valence-electron chi connectivity index (χ2n) is 5.31. The molecule has 0 aliphatic carbocycles. The maximum Gasteiger partial charge on any atom is 0.307 e. The van der Waals surface area contributed by atoms with E-state index in [-0.39, 0.29) is 18.1 Å². The summed E-state index contributed by atoms with van der Waals surface area (Å²) in [4.78, 5) is 25.3. The molecule has 1 aromatic heterocycles. The summed E-state index contributed by atoms with van der Waals surface area (Å²) in [6.45, 7) is 1.49. The van der Waals surface area contributed by atoms with Crippen LogP contribution in [0.1, 0.15) is 12.8 Å². The van der Waals surface area contributed by atoms with Gasteiger partial charge in [-0.05, 0) is 31.5 Å². The maximum absolute atomic E-state index is 12.3. The van der Waals surface area contributed by atoms with Crippen LogP contribution < -0.4 is 5.56 Å². The van der Waals surface area contributed by atoms with Gasteiger partial charge in [0.1, 0.15) is 5.52 Å². The van der Waals surface area contributed by atoms with E-state index in [2.05, 4.69) is 10.3 Å². The molecule has 0 spiro atoms. The quantitative estimate of drug-likeness (QED) is 0.887. The molecule has 1 saturated heterocycles. The first-order valence-corrected chi connectivity index (χ1v) is 6.93.